The monoisotopic (exact) mass is 220 g/mol. The van der Waals surface area contributed by atoms with Gasteiger partial charge >= 0.3 is 0 Å². The molecule has 0 saturated carbocycles. The number of nitrogens with zero attached hydrogens (tertiary/aromatic N) is 2. The quantitative estimate of drug-likeness (QED) is 0.674. The molecule has 1 N–H and O–H groups in total. The topological polar surface area (TPSA) is 41.6 Å². The normalized spacial score (nSPS) is 11.3. The van der Waals surface area contributed by atoms with E-state index in [0.29, 0.717) is 0 Å². The van der Waals surface area contributed by atoms with E-state index in [0.717, 1.165) is 16.6 Å². The van der Waals surface area contributed by atoms with Crippen molar-refractivity contribution in [2.24, 2.45) is 0 Å². The van der Waals surface area contributed by atoms with E-state index in [4.69, 9.17) is 0 Å². The summed E-state index contributed by atoms with van der Waals surface area (Å²) < 4.78 is 0. The molecule has 81 valence electrons. The summed E-state index contributed by atoms with van der Waals surface area (Å²) in [6.45, 7) is 0. The van der Waals surface area contributed by atoms with Gasteiger partial charge in [0.25, 0.3) is 0 Å². The number of aromatic amines is 1. The van der Waals surface area contributed by atoms with E-state index in [1.165, 1.54) is 5.56 Å². The van der Waals surface area contributed by atoms with Crippen LogP contribution in [0.1, 0.15) is 11.1 Å². The first-order chi connectivity index (χ1) is 8.42. The predicted octanol–water partition coefficient (Wildman–Crippen LogP) is 2.93. The van der Waals surface area contributed by atoms with Crippen LogP contribution < -0.4 is 0 Å². The highest BCUT2D eigenvalue weighted by atomic mass is 15.3. The van der Waals surface area contributed by atoms with Crippen molar-refractivity contribution < 1.29 is 0 Å². The van der Waals surface area contributed by atoms with E-state index in [9.17, 15) is 0 Å². The second kappa shape index (κ2) is 4.22. The van der Waals surface area contributed by atoms with Crippen molar-refractivity contribution in [3.63, 3.8) is 0 Å². The van der Waals surface area contributed by atoms with Crippen LogP contribution in [-0.4, -0.2) is 15.4 Å². The van der Waals surface area contributed by atoms with Crippen molar-refractivity contribution in [2.45, 2.75) is 0 Å². The maximum Gasteiger partial charge on any atom is 0.121 e. The molecule has 1 radical (unpaired) electrons. The molecule has 3 rings (SSSR count). The summed E-state index contributed by atoms with van der Waals surface area (Å²) in [6, 6.07) is 17.3. The third kappa shape index (κ3) is 2.08. The molecule has 0 aliphatic rings. The van der Waals surface area contributed by atoms with Gasteiger partial charge in [-0.3, -0.25) is 5.10 Å². The number of rotatable bonds is 2. The fourth-order valence-corrected chi connectivity index (χ4v) is 1.64. The first kappa shape index (κ1) is 9.78. The van der Waals surface area contributed by atoms with Crippen LogP contribution in [0.5, 0.6) is 0 Å². The van der Waals surface area contributed by atoms with E-state index >= 15 is 0 Å². The van der Waals surface area contributed by atoms with Crippen molar-refractivity contribution >= 4 is 23.2 Å². The predicted molar refractivity (Wildman–Crippen MR) is 68.1 cm³/mol. The minimum Gasteiger partial charge on any atom is -0.258 e. The first-order valence-electron chi connectivity index (χ1n) is 5.38. The summed E-state index contributed by atoms with van der Waals surface area (Å²) in [6.07, 6.45) is 4.07. The lowest BCUT2D eigenvalue weighted by Crippen LogP contribution is -1.75. The zero-order chi connectivity index (χ0) is 11.5. The van der Waals surface area contributed by atoms with Gasteiger partial charge in [0.2, 0.25) is 0 Å². The molecule has 0 fully saturated rings. The molecule has 0 saturated heterocycles. The number of H-pyrrole nitrogens is 1. The second-order valence-electron chi connectivity index (χ2n) is 3.73. The zero-order valence-corrected chi connectivity index (χ0v) is 9.09. The number of nitrogens with one attached hydrogen (secondary N) is 1. The molecule has 1 heterocycles. The highest BCUT2D eigenvalue weighted by molar-refractivity contribution is 5.78. The van der Waals surface area contributed by atoms with Gasteiger partial charge in [0.05, 0.1) is 5.52 Å². The summed E-state index contributed by atoms with van der Waals surface area (Å²) in [5.41, 5.74) is 3.83. The molecule has 3 nitrogen and oxygen atoms in total. The zero-order valence-electron chi connectivity index (χ0n) is 9.09. The fraction of sp³-hybridized carbons (Fsp3) is 0. The first-order valence-corrected chi connectivity index (χ1v) is 5.38. The van der Waals surface area contributed by atoms with Crippen LogP contribution in [0.4, 0.5) is 0 Å². The van der Waals surface area contributed by atoms with Gasteiger partial charge in [0.15, 0.2) is 0 Å². The molecule has 0 unspecified atom stereocenters. The lowest BCUT2D eigenvalue weighted by atomic mass is 10.1. The molecule has 0 atom stereocenters. The standard InChI is InChI=1S/C14H10N3/c1-2-4-11(5-3-1)6-7-12-8-9-13-14(10-12)16-17-15-13/h1-9H,(H,15,16,17). The van der Waals surface area contributed by atoms with E-state index < -0.39 is 0 Å². The molecule has 0 aliphatic carbocycles. The second-order valence-corrected chi connectivity index (χ2v) is 3.73. The van der Waals surface area contributed by atoms with Gasteiger partial charge in [0.1, 0.15) is 5.52 Å². The number of hydrogen-bond donors (Lipinski definition) is 1. The van der Waals surface area contributed by atoms with Gasteiger partial charge < -0.3 is 0 Å². The molecule has 0 bridgehead atoms. The van der Waals surface area contributed by atoms with Crippen LogP contribution in [0.25, 0.3) is 23.2 Å². The van der Waals surface area contributed by atoms with Gasteiger partial charge in [-0.15, -0.1) is 5.10 Å². The maximum atomic E-state index is 3.94. The van der Waals surface area contributed by atoms with Crippen LogP contribution in [0.2, 0.25) is 0 Å². The number of fused-ring (bicyclic) bond motifs is 1. The van der Waals surface area contributed by atoms with Gasteiger partial charge in [-0.05, 0) is 17.2 Å². The van der Waals surface area contributed by atoms with Crippen LogP contribution in [0, 0.1) is 6.07 Å². The summed E-state index contributed by atoms with van der Waals surface area (Å²) in [5.74, 6) is 0. The Morgan fingerprint density at radius 3 is 2.76 bits per heavy atom. The van der Waals surface area contributed by atoms with Gasteiger partial charge in [-0.2, -0.15) is 0 Å². The molecule has 3 heteroatoms. The van der Waals surface area contributed by atoms with Crippen LogP contribution >= 0.6 is 0 Å². The molecular formula is C14H10N3. The molecule has 17 heavy (non-hydrogen) atoms. The number of benzene rings is 2. The lowest BCUT2D eigenvalue weighted by Gasteiger charge is -1.93. The summed E-state index contributed by atoms with van der Waals surface area (Å²) in [4.78, 5) is 0. The lowest BCUT2D eigenvalue weighted by molar-refractivity contribution is 0.959. The molecule has 0 aliphatic heterocycles. The maximum absolute atomic E-state index is 3.94. The van der Waals surface area contributed by atoms with E-state index in [1.54, 1.807) is 0 Å². The summed E-state index contributed by atoms with van der Waals surface area (Å²) >= 11 is 0. The van der Waals surface area contributed by atoms with Crippen LogP contribution in [0.15, 0.2) is 42.5 Å². The Balaban J connectivity index is 1.92. The summed E-state index contributed by atoms with van der Waals surface area (Å²) in [7, 11) is 0. The van der Waals surface area contributed by atoms with Crippen molar-refractivity contribution in [3.8, 4) is 0 Å². The Morgan fingerprint density at radius 2 is 1.88 bits per heavy atom. The average Bonchev–Trinajstić information content (AvgIpc) is 2.85. The van der Waals surface area contributed by atoms with E-state index in [2.05, 4.69) is 39.7 Å². The van der Waals surface area contributed by atoms with Gasteiger partial charge in [0, 0.05) is 6.07 Å². The molecule has 0 amide bonds. The molecule has 2 aromatic carbocycles. The fourth-order valence-electron chi connectivity index (χ4n) is 1.64. The molecule has 0 spiro atoms. The van der Waals surface area contributed by atoms with E-state index in [-0.39, 0.29) is 0 Å². The van der Waals surface area contributed by atoms with Gasteiger partial charge in [-0.1, -0.05) is 53.8 Å². The Hall–Kier alpha value is -2.42. The largest absolute Gasteiger partial charge is 0.258 e. The van der Waals surface area contributed by atoms with Crippen molar-refractivity contribution in [2.75, 3.05) is 0 Å². The van der Waals surface area contributed by atoms with Crippen molar-refractivity contribution in [1.82, 2.24) is 15.4 Å². The Bertz CT molecular complexity index is 653. The minimum absolute atomic E-state index is 0.764. The smallest absolute Gasteiger partial charge is 0.121 e. The van der Waals surface area contributed by atoms with Gasteiger partial charge in [-0.25, -0.2) is 0 Å². The number of hydrogen-bond acceptors (Lipinski definition) is 2. The Labute approximate surface area is 98.8 Å². The third-order valence-corrected chi connectivity index (χ3v) is 2.52. The number of aromatic nitrogens is 3. The average molecular weight is 220 g/mol. The highest BCUT2D eigenvalue weighted by Crippen LogP contribution is 2.12. The summed E-state index contributed by atoms with van der Waals surface area (Å²) in [5, 5.41) is 10.5. The van der Waals surface area contributed by atoms with Crippen molar-refractivity contribution in [3.05, 3.63) is 59.7 Å². The van der Waals surface area contributed by atoms with E-state index in [1.807, 2.05) is 36.4 Å². The highest BCUT2D eigenvalue weighted by Gasteiger charge is 1.97. The Kier molecular flexibility index (Phi) is 2.43. The van der Waals surface area contributed by atoms with Crippen LogP contribution in [-0.2, 0) is 0 Å². The molecule has 1 aromatic heterocycles. The third-order valence-electron chi connectivity index (χ3n) is 2.52. The van der Waals surface area contributed by atoms with Crippen LogP contribution in [0.3, 0.4) is 0 Å². The molecular weight excluding hydrogens is 210 g/mol. The molecule has 3 aromatic rings. The van der Waals surface area contributed by atoms with Crippen molar-refractivity contribution in [1.29, 1.82) is 0 Å². The SMILES string of the molecule is [c]1c(C=Cc2ccccc2)ccc2[nH]nnc12. The Morgan fingerprint density at radius 1 is 1.00 bits per heavy atom. The minimum atomic E-state index is 0.764.